The lowest BCUT2D eigenvalue weighted by Gasteiger charge is -2.12. The van der Waals surface area contributed by atoms with Gasteiger partial charge >= 0.3 is 12.4 Å². The number of ether oxygens (including phenoxy) is 1. The maximum atomic E-state index is 12.6. The van der Waals surface area contributed by atoms with Gasteiger partial charge in [0.15, 0.2) is 0 Å². The molecular weight excluding hydrogens is 304 g/mol. The molecule has 0 saturated carbocycles. The maximum Gasteiger partial charge on any atom is 0.451 e. The Hall–Kier alpha value is -1.74. The summed E-state index contributed by atoms with van der Waals surface area (Å²) in [6.45, 7) is 1.58. The van der Waals surface area contributed by atoms with E-state index >= 15 is 0 Å². The molecule has 0 aliphatic rings. The van der Waals surface area contributed by atoms with Crippen LogP contribution in [0.2, 0.25) is 0 Å². The van der Waals surface area contributed by atoms with Crippen molar-refractivity contribution in [2.45, 2.75) is 32.1 Å². The largest absolute Gasteiger partial charge is 0.478 e. The van der Waals surface area contributed by atoms with E-state index in [2.05, 4.69) is 15.3 Å². The van der Waals surface area contributed by atoms with Crippen LogP contribution in [0.4, 0.5) is 32.2 Å². The number of nitrogens with zero attached hydrogens (tertiary/aromatic N) is 2. The fraction of sp³-hybridized carbons (Fsp3) is 0.636. The van der Waals surface area contributed by atoms with Gasteiger partial charge in [0.1, 0.15) is 5.82 Å². The average Bonchev–Trinajstić information content (AvgIpc) is 2.33. The van der Waals surface area contributed by atoms with E-state index in [-0.39, 0.29) is 18.8 Å². The summed E-state index contributed by atoms with van der Waals surface area (Å²) in [4.78, 5) is 6.40. The van der Waals surface area contributed by atoms with Crippen LogP contribution >= 0.6 is 0 Å². The molecule has 0 saturated heterocycles. The van der Waals surface area contributed by atoms with Crippen LogP contribution in [-0.2, 0) is 6.18 Å². The van der Waals surface area contributed by atoms with E-state index < -0.39 is 30.5 Å². The molecule has 0 amide bonds. The Kier molecular flexibility index (Phi) is 5.62. The number of nitrogens with one attached hydrogen (secondary N) is 1. The van der Waals surface area contributed by atoms with Crippen molar-refractivity contribution >= 4 is 5.82 Å². The number of halogens is 6. The van der Waals surface area contributed by atoms with Crippen molar-refractivity contribution in [3.8, 4) is 5.88 Å². The molecule has 0 unspecified atom stereocenters. The summed E-state index contributed by atoms with van der Waals surface area (Å²) in [7, 11) is 0. The summed E-state index contributed by atoms with van der Waals surface area (Å²) in [5.74, 6) is -1.94. The molecule has 0 aliphatic heterocycles. The molecule has 0 fully saturated rings. The summed E-state index contributed by atoms with van der Waals surface area (Å²) >= 11 is 0. The minimum absolute atomic E-state index is 0.106. The van der Waals surface area contributed by atoms with Gasteiger partial charge in [-0.05, 0) is 13.3 Å². The lowest BCUT2D eigenvalue weighted by Crippen LogP contribution is -2.15. The summed E-state index contributed by atoms with van der Waals surface area (Å²) in [5.41, 5.74) is 0. The monoisotopic (exact) mass is 317 g/mol. The molecule has 0 bridgehead atoms. The molecule has 10 heteroatoms. The zero-order valence-electron chi connectivity index (χ0n) is 11.0. The van der Waals surface area contributed by atoms with Gasteiger partial charge in [0, 0.05) is 19.0 Å². The van der Waals surface area contributed by atoms with Crippen LogP contribution in [0.3, 0.4) is 0 Å². The third-order valence-electron chi connectivity index (χ3n) is 2.17. The van der Waals surface area contributed by atoms with E-state index in [4.69, 9.17) is 4.74 Å². The standard InChI is InChI=1S/C11H13F6N3O/c1-2-18-7-6-8(20-9(19-7)11(15,16)17)21-5-3-4-10(12,13)14/h6H,2-5H2,1H3,(H,18,19,20). The van der Waals surface area contributed by atoms with Crippen LogP contribution in [0.1, 0.15) is 25.6 Å². The van der Waals surface area contributed by atoms with Crippen molar-refractivity contribution in [3.05, 3.63) is 11.9 Å². The third-order valence-corrected chi connectivity index (χ3v) is 2.17. The van der Waals surface area contributed by atoms with Crippen LogP contribution in [0, 0.1) is 0 Å². The normalized spacial score (nSPS) is 12.3. The predicted molar refractivity (Wildman–Crippen MR) is 62.0 cm³/mol. The Balaban J connectivity index is 2.74. The molecule has 0 aromatic carbocycles. The first kappa shape index (κ1) is 17.3. The second-order valence-electron chi connectivity index (χ2n) is 4.01. The summed E-state index contributed by atoms with van der Waals surface area (Å²) < 4.78 is 78.3. The molecule has 1 rings (SSSR count). The molecule has 21 heavy (non-hydrogen) atoms. The van der Waals surface area contributed by atoms with Crippen molar-refractivity contribution < 1.29 is 31.1 Å². The first-order valence-electron chi connectivity index (χ1n) is 6.01. The Morgan fingerprint density at radius 3 is 2.33 bits per heavy atom. The van der Waals surface area contributed by atoms with Gasteiger partial charge in [-0.1, -0.05) is 0 Å². The topological polar surface area (TPSA) is 47.0 Å². The number of alkyl halides is 6. The van der Waals surface area contributed by atoms with Gasteiger partial charge in [0.25, 0.3) is 0 Å². The van der Waals surface area contributed by atoms with Gasteiger partial charge in [-0.15, -0.1) is 0 Å². The van der Waals surface area contributed by atoms with Crippen LogP contribution in [0.25, 0.3) is 0 Å². The molecule has 0 radical (unpaired) electrons. The first-order valence-corrected chi connectivity index (χ1v) is 6.01. The number of aromatic nitrogens is 2. The molecule has 1 aromatic heterocycles. The SMILES string of the molecule is CCNc1cc(OCCCC(F)(F)F)nc(C(F)(F)F)n1. The van der Waals surface area contributed by atoms with Crippen molar-refractivity contribution in [1.82, 2.24) is 9.97 Å². The predicted octanol–water partition coefficient (Wildman–Crippen LogP) is 3.65. The summed E-state index contributed by atoms with van der Waals surface area (Å²) in [5, 5.41) is 2.56. The van der Waals surface area contributed by atoms with Crippen molar-refractivity contribution in [1.29, 1.82) is 0 Å². The second-order valence-corrected chi connectivity index (χ2v) is 4.01. The van der Waals surface area contributed by atoms with E-state index in [9.17, 15) is 26.3 Å². The first-order chi connectivity index (χ1) is 9.62. The lowest BCUT2D eigenvalue weighted by atomic mass is 10.3. The van der Waals surface area contributed by atoms with Crippen LogP contribution in [0.15, 0.2) is 6.07 Å². The molecule has 4 nitrogen and oxygen atoms in total. The van der Waals surface area contributed by atoms with Gasteiger partial charge in [-0.3, -0.25) is 0 Å². The van der Waals surface area contributed by atoms with Crippen molar-refractivity contribution in [3.63, 3.8) is 0 Å². The molecule has 0 spiro atoms. The molecule has 1 heterocycles. The summed E-state index contributed by atoms with van der Waals surface area (Å²) in [6, 6.07) is 1.10. The highest BCUT2D eigenvalue weighted by Crippen LogP contribution is 2.29. The maximum absolute atomic E-state index is 12.6. The van der Waals surface area contributed by atoms with Gasteiger partial charge in [-0.2, -0.15) is 31.3 Å². The van der Waals surface area contributed by atoms with E-state index in [1.807, 2.05) is 0 Å². The smallest absolute Gasteiger partial charge is 0.451 e. The van der Waals surface area contributed by atoms with E-state index in [1.54, 1.807) is 6.92 Å². The lowest BCUT2D eigenvalue weighted by molar-refractivity contribution is -0.145. The Morgan fingerprint density at radius 2 is 1.81 bits per heavy atom. The zero-order valence-corrected chi connectivity index (χ0v) is 11.0. The Morgan fingerprint density at radius 1 is 1.14 bits per heavy atom. The molecule has 1 aromatic rings. The van der Waals surface area contributed by atoms with E-state index in [1.165, 1.54) is 0 Å². The van der Waals surface area contributed by atoms with Crippen LogP contribution < -0.4 is 10.1 Å². The van der Waals surface area contributed by atoms with Crippen LogP contribution in [0.5, 0.6) is 5.88 Å². The van der Waals surface area contributed by atoms with Gasteiger partial charge in [-0.25, -0.2) is 4.98 Å². The van der Waals surface area contributed by atoms with Crippen molar-refractivity contribution in [2.75, 3.05) is 18.5 Å². The minimum Gasteiger partial charge on any atom is -0.478 e. The fourth-order valence-corrected chi connectivity index (χ4v) is 1.35. The highest BCUT2D eigenvalue weighted by Gasteiger charge is 2.35. The molecular formula is C11H13F6N3O. The fourth-order valence-electron chi connectivity index (χ4n) is 1.35. The number of rotatable bonds is 6. The van der Waals surface area contributed by atoms with Crippen LogP contribution in [-0.4, -0.2) is 29.3 Å². The average molecular weight is 317 g/mol. The number of hydrogen-bond acceptors (Lipinski definition) is 4. The quantitative estimate of drug-likeness (QED) is 0.643. The molecule has 1 N–H and O–H groups in total. The van der Waals surface area contributed by atoms with Gasteiger partial charge in [0.05, 0.1) is 6.61 Å². The van der Waals surface area contributed by atoms with Gasteiger partial charge in [0.2, 0.25) is 11.7 Å². The Labute approximate surface area is 116 Å². The highest BCUT2D eigenvalue weighted by molar-refractivity contribution is 5.38. The summed E-state index contributed by atoms with van der Waals surface area (Å²) in [6.07, 6.45) is -10.5. The number of hydrogen-bond donors (Lipinski definition) is 1. The number of anilines is 1. The van der Waals surface area contributed by atoms with E-state index in [0.29, 0.717) is 6.54 Å². The highest BCUT2D eigenvalue weighted by atomic mass is 19.4. The molecule has 0 aliphatic carbocycles. The van der Waals surface area contributed by atoms with Crippen molar-refractivity contribution in [2.24, 2.45) is 0 Å². The van der Waals surface area contributed by atoms with Gasteiger partial charge < -0.3 is 10.1 Å². The third kappa shape index (κ3) is 6.50. The minimum atomic E-state index is -4.77. The molecule has 0 atom stereocenters. The Bertz CT molecular complexity index is 460. The molecule has 120 valence electrons. The zero-order chi connectivity index (χ0) is 16.1. The second kappa shape index (κ2) is 6.81. The van der Waals surface area contributed by atoms with E-state index in [0.717, 1.165) is 6.07 Å².